The Kier molecular flexibility index (Phi) is 4.80. The van der Waals surface area contributed by atoms with Crippen molar-refractivity contribution in [3.63, 3.8) is 0 Å². The predicted molar refractivity (Wildman–Crippen MR) is 86.8 cm³/mol. The van der Waals surface area contributed by atoms with Gasteiger partial charge in [-0.25, -0.2) is 0 Å². The van der Waals surface area contributed by atoms with E-state index in [-0.39, 0.29) is 5.91 Å². The van der Waals surface area contributed by atoms with E-state index >= 15 is 0 Å². The van der Waals surface area contributed by atoms with E-state index < -0.39 is 0 Å². The molecule has 5 nitrogen and oxygen atoms in total. The van der Waals surface area contributed by atoms with E-state index in [0.29, 0.717) is 10.8 Å². The van der Waals surface area contributed by atoms with E-state index in [9.17, 15) is 4.79 Å². The van der Waals surface area contributed by atoms with Gasteiger partial charge in [-0.2, -0.15) is 0 Å². The largest absolute Gasteiger partial charge is 0.351 e. The van der Waals surface area contributed by atoms with Gasteiger partial charge in [-0.3, -0.25) is 19.7 Å². The predicted octanol–water partition coefficient (Wildman–Crippen LogP) is 2.10. The summed E-state index contributed by atoms with van der Waals surface area (Å²) in [7, 11) is 0. The molecule has 0 radical (unpaired) electrons. The van der Waals surface area contributed by atoms with E-state index in [1.807, 2.05) is 13.0 Å². The molecule has 2 aromatic heterocycles. The second-order valence-electron chi connectivity index (χ2n) is 5.74. The first kappa shape index (κ1) is 15.1. The molecular weight excluding hydrogens is 296 g/mol. The number of carbonyl (C=O) groups is 1. The highest BCUT2D eigenvalue weighted by atomic mass is 32.1. The van der Waals surface area contributed by atoms with Crippen LogP contribution in [0.15, 0.2) is 29.9 Å². The van der Waals surface area contributed by atoms with E-state index in [1.54, 1.807) is 11.7 Å². The molecule has 1 fully saturated rings. The Labute approximate surface area is 134 Å². The summed E-state index contributed by atoms with van der Waals surface area (Å²) in [6.07, 6.45) is 2.74. The highest BCUT2D eigenvalue weighted by Gasteiger charge is 2.23. The number of hydrogen-bond acceptors (Lipinski definition) is 5. The van der Waals surface area contributed by atoms with Crippen molar-refractivity contribution < 1.29 is 4.79 Å². The van der Waals surface area contributed by atoms with Crippen molar-refractivity contribution in [1.29, 1.82) is 0 Å². The van der Waals surface area contributed by atoms with Crippen LogP contribution in [0.25, 0.3) is 0 Å². The number of pyridine rings is 1. The molecule has 1 unspecified atom stereocenters. The van der Waals surface area contributed by atoms with Gasteiger partial charge < -0.3 is 5.32 Å². The summed E-state index contributed by atoms with van der Waals surface area (Å²) < 4.78 is 0. The summed E-state index contributed by atoms with van der Waals surface area (Å²) in [5.74, 6) is 0.503. The molecule has 1 amide bonds. The van der Waals surface area contributed by atoms with Crippen molar-refractivity contribution in [3.05, 3.63) is 46.2 Å². The van der Waals surface area contributed by atoms with Crippen LogP contribution in [0.4, 0.5) is 0 Å². The molecular formula is C16H20N4OS. The Hall–Kier alpha value is -1.79. The number of amides is 1. The molecule has 22 heavy (non-hydrogen) atoms. The Morgan fingerprint density at radius 1 is 1.50 bits per heavy atom. The van der Waals surface area contributed by atoms with Crippen LogP contribution in [0.5, 0.6) is 0 Å². The molecule has 1 atom stereocenters. The molecule has 1 N–H and O–H groups in total. The molecule has 2 aromatic rings. The van der Waals surface area contributed by atoms with E-state index in [2.05, 4.69) is 32.3 Å². The summed E-state index contributed by atoms with van der Waals surface area (Å²) in [5, 5.41) is 3.01. The second-order valence-corrected chi connectivity index (χ2v) is 6.62. The topological polar surface area (TPSA) is 58.1 Å². The normalized spacial score (nSPS) is 18.5. The second kappa shape index (κ2) is 6.98. The average Bonchev–Trinajstić information content (AvgIpc) is 3.16. The zero-order valence-corrected chi connectivity index (χ0v) is 13.5. The molecule has 0 spiro atoms. The molecule has 3 heterocycles. The Morgan fingerprint density at radius 2 is 2.41 bits per heavy atom. The monoisotopic (exact) mass is 316 g/mol. The first-order valence-electron chi connectivity index (χ1n) is 7.52. The van der Waals surface area contributed by atoms with Crippen molar-refractivity contribution in [3.8, 4) is 0 Å². The van der Waals surface area contributed by atoms with Crippen LogP contribution in [0.2, 0.25) is 0 Å². The van der Waals surface area contributed by atoms with E-state index in [4.69, 9.17) is 0 Å². The molecule has 3 rings (SSSR count). The maximum absolute atomic E-state index is 11.9. The van der Waals surface area contributed by atoms with Gasteiger partial charge in [0.2, 0.25) is 0 Å². The smallest absolute Gasteiger partial charge is 0.263 e. The molecule has 0 bridgehead atoms. The summed E-state index contributed by atoms with van der Waals surface area (Å²) in [5.41, 5.74) is 3.86. The summed E-state index contributed by atoms with van der Waals surface area (Å²) in [6, 6.07) is 6.15. The quantitative estimate of drug-likeness (QED) is 0.918. The van der Waals surface area contributed by atoms with Gasteiger partial charge in [0.1, 0.15) is 4.88 Å². The van der Waals surface area contributed by atoms with Crippen LogP contribution < -0.4 is 5.32 Å². The molecule has 1 aliphatic heterocycles. The third kappa shape index (κ3) is 3.90. The van der Waals surface area contributed by atoms with Gasteiger partial charge >= 0.3 is 0 Å². The van der Waals surface area contributed by atoms with Crippen LogP contribution in [0.3, 0.4) is 0 Å². The standard InChI is InChI=1S/C16H20N4OS/c1-12-3-2-4-14(19-12)10-20-6-5-13(9-20)7-18-16(21)15-8-17-11-22-15/h2-4,8,11,13H,5-7,9-10H2,1H3,(H,18,21). The van der Waals surface area contributed by atoms with Gasteiger partial charge in [0.15, 0.2) is 0 Å². The van der Waals surface area contributed by atoms with Crippen LogP contribution in [-0.2, 0) is 6.54 Å². The number of likely N-dealkylation sites (tertiary alicyclic amines) is 1. The van der Waals surface area contributed by atoms with Crippen molar-refractivity contribution in [2.75, 3.05) is 19.6 Å². The lowest BCUT2D eigenvalue weighted by Crippen LogP contribution is -2.30. The Morgan fingerprint density at radius 3 is 3.18 bits per heavy atom. The molecule has 0 aliphatic carbocycles. The number of nitrogens with one attached hydrogen (secondary N) is 1. The van der Waals surface area contributed by atoms with Crippen LogP contribution in [0, 0.1) is 12.8 Å². The molecule has 1 saturated heterocycles. The lowest BCUT2D eigenvalue weighted by Gasteiger charge is -2.16. The molecule has 0 saturated carbocycles. The molecule has 116 valence electrons. The number of rotatable bonds is 5. The van der Waals surface area contributed by atoms with Crippen LogP contribution in [-0.4, -0.2) is 40.4 Å². The highest BCUT2D eigenvalue weighted by molar-refractivity contribution is 7.11. The van der Waals surface area contributed by atoms with Crippen molar-refractivity contribution in [2.45, 2.75) is 19.9 Å². The number of hydrogen-bond donors (Lipinski definition) is 1. The van der Waals surface area contributed by atoms with Gasteiger partial charge in [-0.15, -0.1) is 11.3 Å². The average molecular weight is 316 g/mol. The zero-order chi connectivity index (χ0) is 15.4. The summed E-state index contributed by atoms with van der Waals surface area (Å²) in [6.45, 7) is 5.72. The van der Waals surface area contributed by atoms with Crippen molar-refractivity contribution in [1.82, 2.24) is 20.2 Å². The maximum atomic E-state index is 11.9. The third-order valence-corrected chi connectivity index (χ3v) is 4.68. The fourth-order valence-corrected chi connectivity index (χ4v) is 3.33. The maximum Gasteiger partial charge on any atom is 0.263 e. The summed E-state index contributed by atoms with van der Waals surface area (Å²) >= 11 is 1.38. The Balaban J connectivity index is 1.45. The minimum absolute atomic E-state index is 0.0127. The van der Waals surface area contributed by atoms with Crippen LogP contribution in [0.1, 0.15) is 27.5 Å². The van der Waals surface area contributed by atoms with Gasteiger partial charge in [-0.05, 0) is 37.9 Å². The van der Waals surface area contributed by atoms with Crippen LogP contribution >= 0.6 is 11.3 Å². The molecule has 0 aromatic carbocycles. The van der Waals surface area contributed by atoms with Gasteiger partial charge in [0.25, 0.3) is 5.91 Å². The molecule has 6 heteroatoms. The van der Waals surface area contributed by atoms with Gasteiger partial charge in [0.05, 0.1) is 17.4 Å². The fraction of sp³-hybridized carbons (Fsp3) is 0.438. The van der Waals surface area contributed by atoms with Crippen molar-refractivity contribution >= 4 is 17.2 Å². The number of aromatic nitrogens is 2. The number of nitrogens with zero attached hydrogens (tertiary/aromatic N) is 3. The number of carbonyl (C=O) groups excluding carboxylic acids is 1. The minimum Gasteiger partial charge on any atom is -0.351 e. The fourth-order valence-electron chi connectivity index (χ4n) is 2.79. The number of thiazole rings is 1. The van der Waals surface area contributed by atoms with E-state index in [1.165, 1.54) is 11.3 Å². The first-order valence-corrected chi connectivity index (χ1v) is 8.40. The lowest BCUT2D eigenvalue weighted by molar-refractivity contribution is 0.0951. The molecule has 1 aliphatic rings. The van der Waals surface area contributed by atoms with Crippen molar-refractivity contribution in [2.24, 2.45) is 5.92 Å². The lowest BCUT2D eigenvalue weighted by atomic mass is 10.1. The summed E-state index contributed by atoms with van der Waals surface area (Å²) in [4.78, 5) is 23.5. The number of aryl methyl sites for hydroxylation is 1. The third-order valence-electron chi connectivity index (χ3n) is 3.91. The first-order chi connectivity index (χ1) is 10.7. The van der Waals surface area contributed by atoms with E-state index in [0.717, 1.165) is 44.0 Å². The Bertz CT molecular complexity index is 629. The zero-order valence-electron chi connectivity index (χ0n) is 12.7. The SMILES string of the molecule is Cc1cccc(CN2CCC(CNC(=O)c3cncs3)C2)n1. The minimum atomic E-state index is -0.0127. The highest BCUT2D eigenvalue weighted by Crippen LogP contribution is 2.18. The van der Waals surface area contributed by atoms with Gasteiger partial charge in [0, 0.05) is 25.3 Å². The van der Waals surface area contributed by atoms with Gasteiger partial charge in [-0.1, -0.05) is 6.07 Å².